The van der Waals surface area contributed by atoms with Gasteiger partial charge in [0.15, 0.2) is 11.6 Å². The molecule has 0 saturated carbocycles. The summed E-state index contributed by atoms with van der Waals surface area (Å²) < 4.78 is 28.5. The summed E-state index contributed by atoms with van der Waals surface area (Å²) in [5, 5.41) is 3.22. The van der Waals surface area contributed by atoms with Gasteiger partial charge in [-0.3, -0.25) is 4.72 Å². The lowest BCUT2D eigenvalue weighted by atomic mass is 10.1. The molecule has 0 aliphatic rings. The number of nitrogens with zero attached hydrogens (tertiary/aromatic N) is 2. The Labute approximate surface area is 176 Å². The van der Waals surface area contributed by atoms with E-state index in [1.165, 1.54) is 5.56 Å². The highest BCUT2D eigenvalue weighted by Gasteiger charge is 2.19. The molecule has 30 heavy (non-hydrogen) atoms. The van der Waals surface area contributed by atoms with Gasteiger partial charge < -0.3 is 5.32 Å². The lowest BCUT2D eigenvalue weighted by Gasteiger charge is -2.14. The molecule has 3 aromatic carbocycles. The van der Waals surface area contributed by atoms with E-state index >= 15 is 0 Å². The fraction of sp³-hybridized carbons (Fsp3) is 0.130. The summed E-state index contributed by atoms with van der Waals surface area (Å²) in [6.45, 7) is 5.97. The Kier molecular flexibility index (Phi) is 5.13. The van der Waals surface area contributed by atoms with E-state index in [0.29, 0.717) is 16.9 Å². The first-order valence-corrected chi connectivity index (χ1v) is 11.0. The van der Waals surface area contributed by atoms with Crippen LogP contribution in [0.4, 0.5) is 17.3 Å². The van der Waals surface area contributed by atoms with Crippen molar-refractivity contribution in [3.63, 3.8) is 0 Å². The fourth-order valence-electron chi connectivity index (χ4n) is 3.02. The summed E-state index contributed by atoms with van der Waals surface area (Å²) in [4.78, 5) is 9.31. The molecule has 0 amide bonds. The molecule has 7 heteroatoms. The van der Waals surface area contributed by atoms with Gasteiger partial charge in [0.1, 0.15) is 0 Å². The Balaban J connectivity index is 1.78. The van der Waals surface area contributed by atoms with Crippen molar-refractivity contribution in [3.8, 4) is 0 Å². The molecule has 0 aliphatic heterocycles. The zero-order valence-corrected chi connectivity index (χ0v) is 17.8. The molecule has 0 radical (unpaired) electrons. The molecule has 0 bridgehead atoms. The van der Waals surface area contributed by atoms with Crippen LogP contribution in [0.25, 0.3) is 11.0 Å². The number of para-hydroxylation sites is 2. The monoisotopic (exact) mass is 418 g/mol. The van der Waals surface area contributed by atoms with E-state index in [-0.39, 0.29) is 10.7 Å². The zero-order chi connectivity index (χ0) is 21.3. The van der Waals surface area contributed by atoms with Gasteiger partial charge in [-0.15, -0.1) is 0 Å². The number of benzene rings is 3. The summed E-state index contributed by atoms with van der Waals surface area (Å²) in [5.74, 6) is 0.486. The maximum atomic E-state index is 12.9. The first-order chi connectivity index (χ1) is 14.3. The maximum Gasteiger partial charge on any atom is 0.263 e. The van der Waals surface area contributed by atoms with E-state index in [9.17, 15) is 8.42 Å². The standard InChI is InChI=1S/C23H22N4O2S/c1-15-8-12-19(13-9-15)30(28,29)27-23-22(24-18-11-10-16(2)17(3)14-18)25-20-6-4-5-7-21(20)26-23/h4-14H,1-3H3,(H,24,25)(H,26,27). The van der Waals surface area contributed by atoms with Crippen molar-refractivity contribution in [1.29, 1.82) is 0 Å². The number of aryl methyl sites for hydroxylation is 3. The third kappa shape index (κ3) is 4.11. The maximum absolute atomic E-state index is 12.9. The summed E-state index contributed by atoms with van der Waals surface area (Å²) in [6.07, 6.45) is 0. The van der Waals surface area contributed by atoms with Gasteiger partial charge in [-0.25, -0.2) is 18.4 Å². The van der Waals surface area contributed by atoms with Crippen molar-refractivity contribution >= 4 is 38.4 Å². The number of hydrogen-bond acceptors (Lipinski definition) is 5. The van der Waals surface area contributed by atoms with E-state index < -0.39 is 10.0 Å². The van der Waals surface area contributed by atoms with Crippen molar-refractivity contribution in [3.05, 3.63) is 83.4 Å². The minimum absolute atomic E-state index is 0.146. The van der Waals surface area contributed by atoms with Crippen LogP contribution in [0.3, 0.4) is 0 Å². The summed E-state index contributed by atoms with van der Waals surface area (Å²) in [6, 6.07) is 19.9. The Hall–Kier alpha value is -3.45. The average molecular weight is 419 g/mol. The number of aromatic nitrogens is 2. The minimum atomic E-state index is -3.82. The van der Waals surface area contributed by atoms with Gasteiger partial charge >= 0.3 is 0 Å². The Morgan fingerprint density at radius 2 is 1.37 bits per heavy atom. The predicted molar refractivity (Wildman–Crippen MR) is 121 cm³/mol. The topological polar surface area (TPSA) is 84.0 Å². The lowest BCUT2D eigenvalue weighted by Crippen LogP contribution is -2.16. The van der Waals surface area contributed by atoms with E-state index in [0.717, 1.165) is 16.8 Å². The van der Waals surface area contributed by atoms with Crippen LogP contribution in [0.2, 0.25) is 0 Å². The van der Waals surface area contributed by atoms with Gasteiger partial charge in [-0.05, 0) is 68.3 Å². The molecular formula is C23H22N4O2S. The molecule has 4 rings (SSSR count). The number of hydrogen-bond donors (Lipinski definition) is 2. The number of fused-ring (bicyclic) bond motifs is 1. The Morgan fingerprint density at radius 3 is 2.00 bits per heavy atom. The summed E-state index contributed by atoms with van der Waals surface area (Å²) >= 11 is 0. The van der Waals surface area contributed by atoms with Crippen molar-refractivity contribution in [2.45, 2.75) is 25.7 Å². The van der Waals surface area contributed by atoms with Gasteiger partial charge in [0.25, 0.3) is 10.0 Å². The minimum Gasteiger partial charge on any atom is -0.337 e. The molecule has 2 N–H and O–H groups in total. The van der Waals surface area contributed by atoms with Crippen molar-refractivity contribution in [2.75, 3.05) is 10.0 Å². The molecule has 0 unspecified atom stereocenters. The van der Waals surface area contributed by atoms with Crippen LogP contribution >= 0.6 is 0 Å². The van der Waals surface area contributed by atoms with Crippen LogP contribution in [0.15, 0.2) is 71.6 Å². The first kappa shape index (κ1) is 19.8. The largest absolute Gasteiger partial charge is 0.337 e. The van der Waals surface area contributed by atoms with E-state index in [4.69, 9.17) is 0 Å². The quantitative estimate of drug-likeness (QED) is 0.471. The zero-order valence-electron chi connectivity index (χ0n) is 17.0. The smallest absolute Gasteiger partial charge is 0.263 e. The molecule has 0 aliphatic carbocycles. The van der Waals surface area contributed by atoms with Crippen LogP contribution in [0.5, 0.6) is 0 Å². The highest BCUT2D eigenvalue weighted by Crippen LogP contribution is 2.28. The van der Waals surface area contributed by atoms with Gasteiger partial charge in [-0.1, -0.05) is 35.9 Å². The molecule has 0 fully saturated rings. The molecule has 152 valence electrons. The number of anilines is 3. The second-order valence-electron chi connectivity index (χ2n) is 7.25. The van der Waals surface area contributed by atoms with Gasteiger partial charge in [0.2, 0.25) is 0 Å². The highest BCUT2D eigenvalue weighted by atomic mass is 32.2. The molecule has 0 spiro atoms. The molecular weight excluding hydrogens is 396 g/mol. The van der Waals surface area contributed by atoms with E-state index in [1.54, 1.807) is 30.3 Å². The summed E-state index contributed by atoms with van der Waals surface area (Å²) in [7, 11) is -3.82. The third-order valence-corrected chi connectivity index (χ3v) is 6.26. The molecule has 1 aromatic heterocycles. The van der Waals surface area contributed by atoms with Crippen LogP contribution in [0.1, 0.15) is 16.7 Å². The van der Waals surface area contributed by atoms with Crippen molar-refractivity contribution < 1.29 is 8.42 Å². The first-order valence-electron chi connectivity index (χ1n) is 9.52. The van der Waals surface area contributed by atoms with Crippen LogP contribution in [-0.4, -0.2) is 18.4 Å². The average Bonchev–Trinajstić information content (AvgIpc) is 2.71. The predicted octanol–water partition coefficient (Wildman–Crippen LogP) is 5.10. The fourth-order valence-corrected chi connectivity index (χ4v) is 4.03. The highest BCUT2D eigenvalue weighted by molar-refractivity contribution is 7.92. The van der Waals surface area contributed by atoms with Gasteiger partial charge in [0.05, 0.1) is 15.9 Å². The summed E-state index contributed by atoms with van der Waals surface area (Å²) in [5.41, 5.74) is 5.35. The van der Waals surface area contributed by atoms with E-state index in [2.05, 4.69) is 20.0 Å². The number of nitrogens with one attached hydrogen (secondary N) is 2. The van der Waals surface area contributed by atoms with Crippen molar-refractivity contribution in [1.82, 2.24) is 9.97 Å². The van der Waals surface area contributed by atoms with Gasteiger partial charge in [0, 0.05) is 5.69 Å². The molecule has 6 nitrogen and oxygen atoms in total. The third-order valence-electron chi connectivity index (χ3n) is 4.90. The van der Waals surface area contributed by atoms with Crippen LogP contribution in [-0.2, 0) is 10.0 Å². The molecule has 0 saturated heterocycles. The molecule has 4 aromatic rings. The van der Waals surface area contributed by atoms with Crippen LogP contribution < -0.4 is 10.0 Å². The Bertz CT molecular complexity index is 1330. The SMILES string of the molecule is Cc1ccc(S(=O)(=O)Nc2nc3ccccc3nc2Nc2ccc(C)c(C)c2)cc1. The number of sulfonamides is 1. The number of rotatable bonds is 5. The van der Waals surface area contributed by atoms with Crippen molar-refractivity contribution in [2.24, 2.45) is 0 Å². The Morgan fingerprint density at radius 1 is 0.733 bits per heavy atom. The second kappa shape index (κ2) is 7.76. The lowest BCUT2D eigenvalue weighted by molar-refractivity contribution is 0.601. The second-order valence-corrected chi connectivity index (χ2v) is 8.93. The molecule has 0 atom stereocenters. The normalized spacial score (nSPS) is 11.4. The molecule has 1 heterocycles. The van der Waals surface area contributed by atoms with Gasteiger partial charge in [-0.2, -0.15) is 0 Å². The van der Waals surface area contributed by atoms with Crippen LogP contribution in [0, 0.1) is 20.8 Å². The van der Waals surface area contributed by atoms with E-state index in [1.807, 2.05) is 57.2 Å².